The van der Waals surface area contributed by atoms with Gasteiger partial charge in [0.2, 0.25) is 0 Å². The van der Waals surface area contributed by atoms with E-state index in [9.17, 15) is 4.79 Å². The monoisotopic (exact) mass is 519 g/mol. The molecule has 3 aromatic carbocycles. The third-order valence-electron chi connectivity index (χ3n) is 5.54. The Bertz CT molecular complexity index is 1240. The molecular formula is C29H30ClN3O2S. The second-order valence-electron chi connectivity index (χ2n) is 8.91. The Kier molecular flexibility index (Phi) is 8.98. The predicted octanol–water partition coefficient (Wildman–Crippen LogP) is 6.93. The lowest BCUT2D eigenvalue weighted by Crippen LogP contribution is -2.28. The van der Waals surface area contributed by atoms with Crippen molar-refractivity contribution in [2.75, 3.05) is 24.6 Å². The van der Waals surface area contributed by atoms with E-state index in [1.807, 2.05) is 78.9 Å². The minimum absolute atomic E-state index is 0.0455. The lowest BCUT2D eigenvalue weighted by molar-refractivity contribution is 0.0949. The van der Waals surface area contributed by atoms with Crippen molar-refractivity contribution in [1.82, 2.24) is 10.3 Å². The summed E-state index contributed by atoms with van der Waals surface area (Å²) in [4.78, 5) is 19.5. The van der Waals surface area contributed by atoms with Gasteiger partial charge >= 0.3 is 0 Å². The SMILES string of the molecule is CC(C)CNC(=O)c1ccc(CN(CCOc2ccccc2)c2nc(-c3ccc(Cl)cc3)cs2)cc1. The first-order valence-electron chi connectivity index (χ1n) is 12.0. The molecule has 5 nitrogen and oxygen atoms in total. The van der Waals surface area contributed by atoms with E-state index >= 15 is 0 Å². The van der Waals surface area contributed by atoms with Crippen molar-refractivity contribution in [1.29, 1.82) is 0 Å². The lowest BCUT2D eigenvalue weighted by atomic mass is 10.1. The number of carbonyl (C=O) groups excluding carboxylic acids is 1. The number of carbonyl (C=O) groups is 1. The molecule has 0 aliphatic carbocycles. The Balaban J connectivity index is 1.48. The number of hydrogen-bond donors (Lipinski definition) is 1. The van der Waals surface area contributed by atoms with Crippen molar-refractivity contribution in [3.8, 4) is 17.0 Å². The summed E-state index contributed by atoms with van der Waals surface area (Å²) in [7, 11) is 0. The zero-order valence-electron chi connectivity index (χ0n) is 20.5. The van der Waals surface area contributed by atoms with Crippen molar-refractivity contribution in [2.45, 2.75) is 20.4 Å². The van der Waals surface area contributed by atoms with E-state index in [1.54, 1.807) is 11.3 Å². The highest BCUT2D eigenvalue weighted by Crippen LogP contribution is 2.29. The number of nitrogens with one attached hydrogen (secondary N) is 1. The number of ether oxygens (including phenoxy) is 1. The van der Waals surface area contributed by atoms with Gasteiger partial charge in [0.15, 0.2) is 5.13 Å². The van der Waals surface area contributed by atoms with Gasteiger partial charge < -0.3 is 15.0 Å². The molecule has 0 radical (unpaired) electrons. The topological polar surface area (TPSA) is 54.5 Å². The minimum Gasteiger partial charge on any atom is -0.492 e. The normalized spacial score (nSPS) is 10.9. The summed E-state index contributed by atoms with van der Waals surface area (Å²) in [5.74, 6) is 1.21. The maximum Gasteiger partial charge on any atom is 0.251 e. The molecule has 1 aromatic heterocycles. The fourth-order valence-electron chi connectivity index (χ4n) is 3.58. The highest BCUT2D eigenvalue weighted by molar-refractivity contribution is 7.14. The van der Waals surface area contributed by atoms with Crippen LogP contribution in [-0.2, 0) is 6.54 Å². The van der Waals surface area contributed by atoms with Crippen LogP contribution in [0.2, 0.25) is 5.02 Å². The Hall–Kier alpha value is -3.35. The van der Waals surface area contributed by atoms with Gasteiger partial charge in [-0.3, -0.25) is 4.79 Å². The molecule has 36 heavy (non-hydrogen) atoms. The fourth-order valence-corrected chi connectivity index (χ4v) is 4.56. The molecule has 1 N–H and O–H groups in total. The van der Waals surface area contributed by atoms with Gasteiger partial charge in [0.1, 0.15) is 12.4 Å². The molecule has 7 heteroatoms. The van der Waals surface area contributed by atoms with Crippen LogP contribution in [0.5, 0.6) is 5.75 Å². The zero-order valence-corrected chi connectivity index (χ0v) is 22.1. The second-order valence-corrected chi connectivity index (χ2v) is 10.2. The van der Waals surface area contributed by atoms with Crippen molar-refractivity contribution in [3.05, 3.63) is 100 Å². The summed E-state index contributed by atoms with van der Waals surface area (Å²) in [6.07, 6.45) is 0. The van der Waals surface area contributed by atoms with E-state index in [0.29, 0.717) is 42.7 Å². The van der Waals surface area contributed by atoms with Gasteiger partial charge in [-0.05, 0) is 47.9 Å². The third kappa shape index (κ3) is 7.33. The molecule has 0 unspecified atom stereocenters. The maximum absolute atomic E-state index is 12.4. The highest BCUT2D eigenvalue weighted by Gasteiger charge is 2.14. The molecule has 0 saturated heterocycles. The predicted molar refractivity (Wildman–Crippen MR) is 149 cm³/mol. The average molecular weight is 520 g/mol. The first-order chi connectivity index (χ1) is 17.5. The van der Waals surface area contributed by atoms with E-state index in [1.165, 1.54) is 0 Å². The molecule has 0 bridgehead atoms. The number of amides is 1. The van der Waals surface area contributed by atoms with Crippen LogP contribution in [0.1, 0.15) is 29.8 Å². The molecule has 0 atom stereocenters. The largest absolute Gasteiger partial charge is 0.492 e. The van der Waals surface area contributed by atoms with Gasteiger partial charge in [0.05, 0.1) is 12.2 Å². The van der Waals surface area contributed by atoms with Gasteiger partial charge in [-0.25, -0.2) is 4.98 Å². The number of benzene rings is 3. The van der Waals surface area contributed by atoms with Crippen LogP contribution in [0, 0.1) is 5.92 Å². The van der Waals surface area contributed by atoms with Crippen molar-refractivity contribution in [2.24, 2.45) is 5.92 Å². The van der Waals surface area contributed by atoms with E-state index in [2.05, 4.69) is 29.4 Å². The van der Waals surface area contributed by atoms with Crippen LogP contribution >= 0.6 is 22.9 Å². The second kappa shape index (κ2) is 12.6. The fraction of sp³-hybridized carbons (Fsp3) is 0.241. The number of aromatic nitrogens is 1. The van der Waals surface area contributed by atoms with Crippen LogP contribution in [-0.4, -0.2) is 30.6 Å². The summed E-state index contributed by atoms with van der Waals surface area (Å²) < 4.78 is 5.96. The Labute approximate surface area is 221 Å². The summed E-state index contributed by atoms with van der Waals surface area (Å²) >= 11 is 7.65. The molecule has 0 fully saturated rings. The molecular weight excluding hydrogens is 490 g/mol. The summed E-state index contributed by atoms with van der Waals surface area (Å²) in [6, 6.07) is 25.3. The highest BCUT2D eigenvalue weighted by atomic mass is 35.5. The van der Waals surface area contributed by atoms with Crippen LogP contribution in [0.15, 0.2) is 84.2 Å². The average Bonchev–Trinajstić information content (AvgIpc) is 3.38. The quantitative estimate of drug-likeness (QED) is 0.233. The molecule has 4 aromatic rings. The Morgan fingerprint density at radius 1 is 1.03 bits per heavy atom. The number of thiazole rings is 1. The van der Waals surface area contributed by atoms with Crippen LogP contribution in [0.25, 0.3) is 11.3 Å². The van der Waals surface area contributed by atoms with Crippen LogP contribution in [0.4, 0.5) is 5.13 Å². The first-order valence-corrected chi connectivity index (χ1v) is 13.2. The van der Waals surface area contributed by atoms with Crippen molar-refractivity contribution >= 4 is 34.0 Å². The standard InChI is InChI=1S/C29H30ClN3O2S/c1-21(2)18-31-28(34)24-10-8-22(9-11-24)19-33(16-17-35-26-6-4-3-5-7-26)29-32-27(20-36-29)23-12-14-25(30)15-13-23/h3-15,20-21H,16-19H2,1-2H3,(H,31,34). The number of hydrogen-bond acceptors (Lipinski definition) is 5. The molecule has 0 aliphatic rings. The smallest absolute Gasteiger partial charge is 0.251 e. The van der Waals surface area contributed by atoms with Gasteiger partial charge in [-0.2, -0.15) is 0 Å². The van der Waals surface area contributed by atoms with Crippen molar-refractivity contribution in [3.63, 3.8) is 0 Å². The number of para-hydroxylation sites is 1. The lowest BCUT2D eigenvalue weighted by Gasteiger charge is -2.22. The molecule has 1 heterocycles. The van der Waals surface area contributed by atoms with E-state index in [0.717, 1.165) is 27.7 Å². The number of nitrogens with zero attached hydrogens (tertiary/aromatic N) is 2. The molecule has 0 spiro atoms. The molecule has 0 aliphatic heterocycles. The summed E-state index contributed by atoms with van der Waals surface area (Å²) in [5.41, 5.74) is 3.70. The van der Waals surface area contributed by atoms with E-state index < -0.39 is 0 Å². The van der Waals surface area contributed by atoms with E-state index in [4.69, 9.17) is 21.3 Å². The molecule has 4 rings (SSSR count). The maximum atomic E-state index is 12.4. The summed E-state index contributed by atoms with van der Waals surface area (Å²) in [5, 5.41) is 6.64. The number of rotatable bonds is 11. The molecule has 1 amide bonds. The molecule has 0 saturated carbocycles. The molecule has 186 valence electrons. The van der Waals surface area contributed by atoms with Crippen molar-refractivity contribution < 1.29 is 9.53 Å². The van der Waals surface area contributed by atoms with E-state index in [-0.39, 0.29) is 5.91 Å². The van der Waals surface area contributed by atoms with Crippen LogP contribution in [0.3, 0.4) is 0 Å². The Morgan fingerprint density at radius 2 is 1.75 bits per heavy atom. The van der Waals surface area contributed by atoms with Gasteiger partial charge in [-0.1, -0.05) is 67.9 Å². The summed E-state index contributed by atoms with van der Waals surface area (Å²) in [6.45, 7) is 6.66. The number of halogens is 1. The van der Waals surface area contributed by atoms with Gasteiger partial charge in [0.25, 0.3) is 5.91 Å². The Morgan fingerprint density at radius 3 is 2.44 bits per heavy atom. The van der Waals surface area contributed by atoms with Crippen LogP contribution < -0.4 is 15.0 Å². The first kappa shape index (κ1) is 25.7. The third-order valence-corrected chi connectivity index (χ3v) is 6.69. The minimum atomic E-state index is -0.0455. The number of anilines is 1. The van der Waals surface area contributed by atoms with Gasteiger partial charge in [-0.15, -0.1) is 11.3 Å². The zero-order chi connectivity index (χ0) is 25.3. The van der Waals surface area contributed by atoms with Gasteiger partial charge in [0, 0.05) is 34.6 Å².